The summed E-state index contributed by atoms with van der Waals surface area (Å²) >= 11 is 0. The third-order valence-electron chi connectivity index (χ3n) is 3.87. The standard InChI is InChI=1S/C16H22FNO2/c1-3-20-15(19)16(9-5-6-12(2)11-16)18-14-8-4-7-13(17)10-14/h4,7-8,10,12,18H,3,5-6,9,11H2,1-2H3. The predicted molar refractivity (Wildman–Crippen MR) is 77.0 cm³/mol. The van der Waals surface area contributed by atoms with E-state index in [2.05, 4.69) is 12.2 Å². The molecule has 0 spiro atoms. The van der Waals surface area contributed by atoms with Crippen molar-refractivity contribution >= 4 is 11.7 Å². The summed E-state index contributed by atoms with van der Waals surface area (Å²) in [5.74, 6) is -0.0807. The second-order valence-electron chi connectivity index (χ2n) is 5.64. The highest BCUT2D eigenvalue weighted by molar-refractivity contribution is 5.84. The Bertz CT molecular complexity index is 477. The molecule has 0 heterocycles. The van der Waals surface area contributed by atoms with Crippen molar-refractivity contribution in [3.05, 3.63) is 30.1 Å². The number of anilines is 1. The minimum Gasteiger partial charge on any atom is -0.464 e. The molecule has 0 amide bonds. The average molecular weight is 279 g/mol. The zero-order chi connectivity index (χ0) is 14.6. The van der Waals surface area contributed by atoms with Crippen LogP contribution in [0.3, 0.4) is 0 Å². The van der Waals surface area contributed by atoms with Crippen LogP contribution < -0.4 is 5.32 Å². The average Bonchev–Trinajstić information content (AvgIpc) is 2.39. The summed E-state index contributed by atoms with van der Waals surface area (Å²) in [7, 11) is 0. The number of carbonyl (C=O) groups is 1. The van der Waals surface area contributed by atoms with Gasteiger partial charge in [0.05, 0.1) is 6.61 Å². The number of ether oxygens (including phenoxy) is 1. The van der Waals surface area contributed by atoms with E-state index < -0.39 is 5.54 Å². The Morgan fingerprint density at radius 2 is 2.35 bits per heavy atom. The molecule has 1 aromatic carbocycles. The first-order valence-electron chi connectivity index (χ1n) is 7.27. The van der Waals surface area contributed by atoms with Crippen molar-refractivity contribution in [1.82, 2.24) is 0 Å². The highest BCUT2D eigenvalue weighted by Crippen LogP contribution is 2.36. The Balaban J connectivity index is 2.24. The molecule has 4 heteroatoms. The van der Waals surface area contributed by atoms with Gasteiger partial charge in [-0.2, -0.15) is 0 Å². The highest BCUT2D eigenvalue weighted by Gasteiger charge is 2.43. The van der Waals surface area contributed by atoms with Gasteiger partial charge in [0.1, 0.15) is 11.4 Å². The van der Waals surface area contributed by atoms with Gasteiger partial charge in [0, 0.05) is 5.69 Å². The Labute approximate surface area is 119 Å². The predicted octanol–water partition coefficient (Wildman–Crippen LogP) is 3.75. The monoisotopic (exact) mass is 279 g/mol. The summed E-state index contributed by atoms with van der Waals surface area (Å²) in [6.45, 7) is 4.31. The molecule has 1 aromatic rings. The third-order valence-corrected chi connectivity index (χ3v) is 3.87. The number of hydrogen-bond donors (Lipinski definition) is 1. The maximum atomic E-state index is 13.3. The van der Waals surface area contributed by atoms with Crippen molar-refractivity contribution in [1.29, 1.82) is 0 Å². The van der Waals surface area contributed by atoms with E-state index in [0.29, 0.717) is 18.2 Å². The Morgan fingerprint density at radius 1 is 1.55 bits per heavy atom. The second-order valence-corrected chi connectivity index (χ2v) is 5.64. The first-order valence-corrected chi connectivity index (χ1v) is 7.27. The maximum Gasteiger partial charge on any atom is 0.331 e. The van der Waals surface area contributed by atoms with Crippen LogP contribution in [0.25, 0.3) is 0 Å². The van der Waals surface area contributed by atoms with Crippen LogP contribution in [0.1, 0.15) is 39.5 Å². The van der Waals surface area contributed by atoms with Crippen LogP contribution in [0.5, 0.6) is 0 Å². The van der Waals surface area contributed by atoms with E-state index >= 15 is 0 Å². The largest absolute Gasteiger partial charge is 0.464 e. The molecule has 20 heavy (non-hydrogen) atoms. The van der Waals surface area contributed by atoms with Gasteiger partial charge in [-0.3, -0.25) is 0 Å². The number of esters is 1. The number of hydrogen-bond acceptors (Lipinski definition) is 3. The molecular weight excluding hydrogens is 257 g/mol. The van der Waals surface area contributed by atoms with E-state index in [4.69, 9.17) is 4.74 Å². The van der Waals surface area contributed by atoms with Gasteiger partial charge in [-0.05, 0) is 43.9 Å². The molecule has 2 rings (SSSR count). The van der Waals surface area contributed by atoms with Gasteiger partial charge in [-0.1, -0.05) is 25.8 Å². The van der Waals surface area contributed by atoms with E-state index in [1.807, 2.05) is 0 Å². The first-order chi connectivity index (χ1) is 9.55. The summed E-state index contributed by atoms with van der Waals surface area (Å²) in [4.78, 5) is 12.4. The van der Waals surface area contributed by atoms with Crippen LogP contribution in [-0.2, 0) is 9.53 Å². The van der Waals surface area contributed by atoms with E-state index in [9.17, 15) is 9.18 Å². The molecule has 0 aromatic heterocycles. The lowest BCUT2D eigenvalue weighted by Gasteiger charge is -2.39. The minimum absolute atomic E-state index is 0.226. The first kappa shape index (κ1) is 14.8. The van der Waals surface area contributed by atoms with E-state index in [-0.39, 0.29) is 11.8 Å². The molecule has 1 saturated carbocycles. The number of halogens is 1. The highest BCUT2D eigenvalue weighted by atomic mass is 19.1. The molecule has 0 bridgehead atoms. The smallest absolute Gasteiger partial charge is 0.331 e. The maximum absolute atomic E-state index is 13.3. The van der Waals surface area contributed by atoms with Gasteiger partial charge in [0.2, 0.25) is 0 Å². The fourth-order valence-corrected chi connectivity index (χ4v) is 3.01. The van der Waals surface area contributed by atoms with Crippen LogP contribution in [0.4, 0.5) is 10.1 Å². The number of carbonyl (C=O) groups excluding carboxylic acids is 1. The van der Waals surface area contributed by atoms with Crippen LogP contribution in [0.15, 0.2) is 24.3 Å². The van der Waals surface area contributed by atoms with Crippen molar-refractivity contribution in [2.75, 3.05) is 11.9 Å². The van der Waals surface area contributed by atoms with E-state index in [1.165, 1.54) is 12.1 Å². The second kappa shape index (κ2) is 6.25. The van der Waals surface area contributed by atoms with Crippen LogP contribution in [0.2, 0.25) is 0 Å². The zero-order valence-electron chi connectivity index (χ0n) is 12.1. The van der Waals surface area contributed by atoms with Crippen molar-refractivity contribution in [3.63, 3.8) is 0 Å². The summed E-state index contributed by atoms with van der Waals surface area (Å²) in [6, 6.07) is 6.23. The van der Waals surface area contributed by atoms with E-state index in [0.717, 1.165) is 25.7 Å². The lowest BCUT2D eigenvalue weighted by atomic mass is 9.76. The molecular formula is C16H22FNO2. The van der Waals surface area contributed by atoms with Gasteiger partial charge in [0.25, 0.3) is 0 Å². The zero-order valence-corrected chi connectivity index (χ0v) is 12.1. The van der Waals surface area contributed by atoms with Crippen molar-refractivity contribution < 1.29 is 13.9 Å². The summed E-state index contributed by atoms with van der Waals surface area (Å²) < 4.78 is 18.6. The van der Waals surface area contributed by atoms with Crippen LogP contribution in [-0.4, -0.2) is 18.1 Å². The minimum atomic E-state index is -0.721. The lowest BCUT2D eigenvalue weighted by molar-refractivity contribution is -0.150. The Kier molecular flexibility index (Phi) is 4.63. The van der Waals surface area contributed by atoms with Crippen LogP contribution in [0, 0.1) is 11.7 Å². The third kappa shape index (κ3) is 3.30. The van der Waals surface area contributed by atoms with Crippen molar-refractivity contribution in [3.8, 4) is 0 Å². The van der Waals surface area contributed by atoms with Gasteiger partial charge in [0.15, 0.2) is 0 Å². The van der Waals surface area contributed by atoms with Gasteiger partial charge >= 0.3 is 5.97 Å². The van der Waals surface area contributed by atoms with E-state index in [1.54, 1.807) is 19.1 Å². The lowest BCUT2D eigenvalue weighted by Crippen LogP contribution is -2.50. The molecule has 2 atom stereocenters. The normalized spacial score (nSPS) is 26.1. The molecule has 1 N–H and O–H groups in total. The molecule has 3 nitrogen and oxygen atoms in total. The summed E-state index contributed by atoms with van der Waals surface area (Å²) in [5.41, 5.74) is -0.0891. The molecule has 110 valence electrons. The SMILES string of the molecule is CCOC(=O)C1(Nc2cccc(F)c2)CCCC(C)C1. The molecule has 1 fully saturated rings. The van der Waals surface area contributed by atoms with Gasteiger partial charge in [-0.15, -0.1) is 0 Å². The molecule has 1 aliphatic rings. The van der Waals surface area contributed by atoms with Gasteiger partial charge < -0.3 is 10.1 Å². The fraction of sp³-hybridized carbons (Fsp3) is 0.562. The molecule has 0 radical (unpaired) electrons. The number of rotatable bonds is 4. The van der Waals surface area contributed by atoms with Crippen molar-refractivity contribution in [2.24, 2.45) is 5.92 Å². The van der Waals surface area contributed by atoms with Crippen LogP contribution >= 0.6 is 0 Å². The quantitative estimate of drug-likeness (QED) is 0.853. The molecule has 0 aliphatic heterocycles. The number of benzene rings is 1. The molecule has 0 saturated heterocycles. The Hall–Kier alpha value is -1.58. The van der Waals surface area contributed by atoms with Crippen molar-refractivity contribution in [2.45, 2.75) is 45.1 Å². The number of nitrogens with one attached hydrogen (secondary N) is 1. The molecule has 2 unspecified atom stereocenters. The summed E-state index contributed by atoms with van der Waals surface area (Å²) in [5, 5.41) is 3.24. The van der Waals surface area contributed by atoms with Gasteiger partial charge in [-0.25, -0.2) is 9.18 Å². The fourth-order valence-electron chi connectivity index (χ4n) is 3.01. The summed E-state index contributed by atoms with van der Waals surface area (Å²) in [6.07, 6.45) is 3.54. The topological polar surface area (TPSA) is 38.3 Å². The molecule has 1 aliphatic carbocycles. The Morgan fingerprint density at radius 3 is 3.00 bits per heavy atom.